The van der Waals surface area contributed by atoms with Gasteiger partial charge in [0.2, 0.25) is 0 Å². The summed E-state index contributed by atoms with van der Waals surface area (Å²) in [6.45, 7) is 1.24. The number of nitrogens with zero attached hydrogens (tertiary/aromatic N) is 2. The van der Waals surface area contributed by atoms with Crippen LogP contribution in [-0.2, 0) is 6.18 Å². The highest BCUT2D eigenvalue weighted by Crippen LogP contribution is 2.34. The average Bonchev–Trinajstić information content (AvgIpc) is 2.51. The van der Waals surface area contributed by atoms with Gasteiger partial charge in [-0.15, -0.1) is 0 Å². The van der Waals surface area contributed by atoms with E-state index >= 15 is 0 Å². The van der Waals surface area contributed by atoms with Gasteiger partial charge in [0.1, 0.15) is 5.84 Å². The molecule has 0 saturated heterocycles. The third-order valence-corrected chi connectivity index (χ3v) is 3.47. The Bertz CT molecular complexity index is 688. The second-order valence-electron chi connectivity index (χ2n) is 5.43. The summed E-state index contributed by atoms with van der Waals surface area (Å²) in [5.74, 6) is 4.82. The Balaban J connectivity index is 3.22. The van der Waals surface area contributed by atoms with Crippen LogP contribution in [0.5, 0.6) is 0 Å². The number of hydrogen-bond acceptors (Lipinski definition) is 4. The van der Waals surface area contributed by atoms with Crippen molar-refractivity contribution in [1.29, 1.82) is 5.26 Å². The standard InChI is InChI=1S/C14H15F6N5/c1-12(25-23,4-5-13(15,16)17)11(22)24-9-3-2-8(7-21)10(6-9)14(18,19)20/h2-3,6,25H,4-5,23H2,1H3,(H2,22,24). The molecule has 0 bridgehead atoms. The number of halogens is 6. The molecule has 1 aromatic rings. The van der Waals surface area contributed by atoms with Gasteiger partial charge < -0.3 is 5.73 Å². The lowest BCUT2D eigenvalue weighted by Crippen LogP contribution is -2.56. The van der Waals surface area contributed by atoms with Crippen molar-refractivity contribution in [2.75, 3.05) is 0 Å². The molecule has 0 amide bonds. The van der Waals surface area contributed by atoms with Crippen LogP contribution in [0.3, 0.4) is 0 Å². The molecule has 5 nitrogen and oxygen atoms in total. The molecular formula is C14H15F6N5. The maximum atomic E-state index is 12.9. The fraction of sp³-hybridized carbons (Fsp3) is 0.429. The molecule has 25 heavy (non-hydrogen) atoms. The van der Waals surface area contributed by atoms with Crippen LogP contribution in [0, 0.1) is 11.3 Å². The fourth-order valence-corrected chi connectivity index (χ4v) is 1.86. The first-order valence-corrected chi connectivity index (χ1v) is 6.83. The molecule has 5 N–H and O–H groups in total. The number of hydrogen-bond donors (Lipinski definition) is 3. The highest BCUT2D eigenvalue weighted by atomic mass is 19.4. The number of nitrogens with one attached hydrogen (secondary N) is 1. The van der Waals surface area contributed by atoms with Gasteiger partial charge in [-0.05, 0) is 31.5 Å². The van der Waals surface area contributed by atoms with Crippen molar-refractivity contribution in [2.24, 2.45) is 16.6 Å². The fourth-order valence-electron chi connectivity index (χ4n) is 1.86. The maximum Gasteiger partial charge on any atom is 0.417 e. The quantitative estimate of drug-likeness (QED) is 0.245. The van der Waals surface area contributed by atoms with Crippen LogP contribution < -0.4 is 17.0 Å². The van der Waals surface area contributed by atoms with E-state index in [1.54, 1.807) is 0 Å². The van der Waals surface area contributed by atoms with Gasteiger partial charge in [0.05, 0.1) is 28.4 Å². The maximum absolute atomic E-state index is 12.9. The minimum absolute atomic E-state index is 0.266. The predicted octanol–water partition coefficient (Wildman–Crippen LogP) is 3.13. The summed E-state index contributed by atoms with van der Waals surface area (Å²) in [6, 6.07) is 3.99. The third kappa shape index (κ3) is 5.61. The summed E-state index contributed by atoms with van der Waals surface area (Å²) in [7, 11) is 0. The highest BCUT2D eigenvalue weighted by molar-refractivity contribution is 5.91. The summed E-state index contributed by atoms with van der Waals surface area (Å²) in [4.78, 5) is 3.73. The van der Waals surface area contributed by atoms with Crippen LogP contribution >= 0.6 is 0 Å². The van der Waals surface area contributed by atoms with E-state index in [9.17, 15) is 26.3 Å². The van der Waals surface area contributed by atoms with Gasteiger partial charge in [-0.25, -0.2) is 10.4 Å². The van der Waals surface area contributed by atoms with Gasteiger partial charge >= 0.3 is 12.4 Å². The van der Waals surface area contributed by atoms with Crippen molar-refractivity contribution < 1.29 is 26.3 Å². The molecule has 0 aromatic heterocycles. The zero-order valence-corrected chi connectivity index (χ0v) is 13.0. The molecule has 0 aliphatic heterocycles. The summed E-state index contributed by atoms with van der Waals surface area (Å²) in [6.07, 6.45) is -11.0. The Hall–Kier alpha value is -2.32. The third-order valence-electron chi connectivity index (χ3n) is 3.47. The molecule has 0 aliphatic carbocycles. The predicted molar refractivity (Wildman–Crippen MR) is 78.5 cm³/mol. The van der Waals surface area contributed by atoms with Crippen LogP contribution in [-0.4, -0.2) is 17.6 Å². The van der Waals surface area contributed by atoms with Gasteiger partial charge in [-0.3, -0.25) is 5.84 Å². The Morgan fingerprint density at radius 3 is 2.24 bits per heavy atom. The van der Waals surface area contributed by atoms with Crippen molar-refractivity contribution in [3.63, 3.8) is 0 Å². The number of rotatable bonds is 5. The lowest BCUT2D eigenvalue weighted by molar-refractivity contribution is -0.138. The normalized spacial score (nSPS) is 15.6. The molecule has 1 unspecified atom stereocenters. The first-order valence-electron chi connectivity index (χ1n) is 6.83. The van der Waals surface area contributed by atoms with Gasteiger partial charge in [-0.2, -0.15) is 31.6 Å². The number of benzene rings is 1. The van der Waals surface area contributed by atoms with Crippen LogP contribution in [0.1, 0.15) is 30.9 Å². The van der Waals surface area contributed by atoms with Gasteiger partial charge in [-0.1, -0.05) is 0 Å². The summed E-state index contributed by atoms with van der Waals surface area (Å²) in [5, 5.41) is 8.72. The molecule has 0 spiro atoms. The first-order chi connectivity index (χ1) is 11.3. The number of nitriles is 1. The smallest absolute Gasteiger partial charge is 0.386 e. The molecule has 0 saturated carbocycles. The van der Waals surface area contributed by atoms with Crippen LogP contribution in [0.25, 0.3) is 0 Å². The van der Waals surface area contributed by atoms with E-state index in [1.807, 2.05) is 0 Å². The van der Waals surface area contributed by atoms with Crippen LogP contribution in [0.4, 0.5) is 32.0 Å². The number of aliphatic imine (C=N–C) groups is 1. The molecule has 11 heteroatoms. The van der Waals surface area contributed by atoms with E-state index in [0.29, 0.717) is 6.07 Å². The van der Waals surface area contributed by atoms with E-state index in [0.717, 1.165) is 12.1 Å². The molecule has 1 atom stereocenters. The van der Waals surface area contributed by atoms with Crippen molar-refractivity contribution in [3.8, 4) is 6.07 Å². The minimum atomic E-state index is -4.79. The first kappa shape index (κ1) is 20.7. The lowest BCUT2D eigenvalue weighted by atomic mass is 9.95. The van der Waals surface area contributed by atoms with Crippen molar-refractivity contribution in [3.05, 3.63) is 29.3 Å². The number of alkyl halides is 6. The van der Waals surface area contributed by atoms with Gasteiger partial charge in [0, 0.05) is 6.42 Å². The van der Waals surface area contributed by atoms with Crippen LogP contribution in [0.15, 0.2) is 23.2 Å². The molecule has 0 fully saturated rings. The molecule has 1 rings (SSSR count). The molecule has 0 radical (unpaired) electrons. The average molecular weight is 367 g/mol. The van der Waals surface area contributed by atoms with E-state index in [1.165, 1.54) is 13.0 Å². The van der Waals surface area contributed by atoms with E-state index < -0.39 is 47.7 Å². The van der Waals surface area contributed by atoms with Gasteiger partial charge in [0.15, 0.2) is 0 Å². The second kappa shape index (κ2) is 7.28. The molecule has 138 valence electrons. The minimum Gasteiger partial charge on any atom is -0.386 e. The van der Waals surface area contributed by atoms with Crippen molar-refractivity contribution in [2.45, 2.75) is 37.7 Å². The monoisotopic (exact) mass is 367 g/mol. The second-order valence-corrected chi connectivity index (χ2v) is 5.43. The Morgan fingerprint density at radius 1 is 1.20 bits per heavy atom. The molecule has 1 aromatic carbocycles. The molecular weight excluding hydrogens is 352 g/mol. The Labute approximate surface area is 139 Å². The summed E-state index contributed by atoms with van der Waals surface area (Å²) >= 11 is 0. The zero-order valence-electron chi connectivity index (χ0n) is 13.0. The highest BCUT2D eigenvalue weighted by Gasteiger charge is 2.36. The largest absolute Gasteiger partial charge is 0.417 e. The van der Waals surface area contributed by atoms with Crippen molar-refractivity contribution in [1.82, 2.24) is 5.43 Å². The topological polar surface area (TPSA) is 100 Å². The Morgan fingerprint density at radius 2 is 1.80 bits per heavy atom. The lowest BCUT2D eigenvalue weighted by Gasteiger charge is -2.28. The van der Waals surface area contributed by atoms with Crippen LogP contribution in [0.2, 0.25) is 0 Å². The number of hydrazine groups is 1. The summed E-state index contributed by atoms with van der Waals surface area (Å²) < 4.78 is 75.9. The molecule has 0 aliphatic rings. The number of nitrogens with two attached hydrogens (primary N) is 2. The van der Waals surface area contributed by atoms with E-state index in [2.05, 4.69) is 10.4 Å². The summed E-state index contributed by atoms with van der Waals surface area (Å²) in [5.41, 5.74) is 4.08. The van der Waals surface area contributed by atoms with E-state index in [4.69, 9.17) is 16.8 Å². The number of amidine groups is 1. The molecule has 0 heterocycles. The SMILES string of the molecule is CC(CCC(F)(F)F)(NN)C(N)=Nc1ccc(C#N)c(C(F)(F)F)c1. The van der Waals surface area contributed by atoms with Gasteiger partial charge in [0.25, 0.3) is 0 Å². The zero-order chi connectivity index (χ0) is 19.5. The van der Waals surface area contributed by atoms with Crippen molar-refractivity contribution >= 4 is 11.5 Å². The van der Waals surface area contributed by atoms with E-state index in [-0.39, 0.29) is 5.69 Å². The Kier molecular flexibility index (Phi) is 6.04.